The molecule has 2 aromatic heterocycles. The number of halogens is 1. The van der Waals surface area contributed by atoms with Crippen molar-refractivity contribution in [1.29, 1.82) is 0 Å². The summed E-state index contributed by atoms with van der Waals surface area (Å²) >= 11 is 7.93. The van der Waals surface area contributed by atoms with Crippen LogP contribution in [0.3, 0.4) is 0 Å². The highest BCUT2D eigenvalue weighted by Gasteiger charge is 2.22. The molecule has 0 spiro atoms. The second-order valence-electron chi connectivity index (χ2n) is 7.68. The summed E-state index contributed by atoms with van der Waals surface area (Å²) in [6.07, 6.45) is -0.379. The number of carbonyl (C=O) groups excluding carboxylic acids is 1. The molecule has 0 N–H and O–H groups in total. The third-order valence-corrected chi connectivity index (χ3v) is 5.76. The topological polar surface area (TPSA) is 51.7 Å². The van der Waals surface area contributed by atoms with Crippen molar-refractivity contribution in [3.8, 4) is 10.6 Å². The molecular formula is C22H25ClN2O3S. The van der Waals surface area contributed by atoms with Crippen LogP contribution in [0.1, 0.15) is 26.5 Å². The zero-order valence-corrected chi connectivity index (χ0v) is 18.6. The van der Waals surface area contributed by atoms with Gasteiger partial charge in [-0.3, -0.25) is 9.88 Å². The van der Waals surface area contributed by atoms with E-state index in [1.165, 1.54) is 0 Å². The van der Waals surface area contributed by atoms with Crippen LogP contribution >= 0.6 is 22.9 Å². The van der Waals surface area contributed by atoms with E-state index in [1.54, 1.807) is 23.3 Å². The van der Waals surface area contributed by atoms with Crippen LogP contribution < -0.4 is 0 Å². The number of pyridine rings is 1. The molecule has 0 saturated heterocycles. The molecule has 0 fully saturated rings. The van der Waals surface area contributed by atoms with Gasteiger partial charge in [0.05, 0.1) is 39.1 Å². The molecule has 0 bridgehead atoms. The first kappa shape index (κ1) is 21.6. The molecule has 3 aromatic rings. The molecule has 0 atom stereocenters. The van der Waals surface area contributed by atoms with Crippen LogP contribution in [-0.2, 0) is 16.0 Å². The lowest BCUT2D eigenvalue weighted by atomic mass is 10.2. The second-order valence-corrected chi connectivity index (χ2v) is 9.14. The predicted octanol–water partition coefficient (Wildman–Crippen LogP) is 6.00. The Morgan fingerprint density at radius 3 is 2.66 bits per heavy atom. The van der Waals surface area contributed by atoms with Crippen LogP contribution in [-0.4, -0.2) is 41.8 Å². The fraction of sp³-hybridized carbons (Fsp3) is 0.364. The lowest BCUT2D eigenvalue weighted by molar-refractivity contribution is 0.0181. The number of ether oxygens (including phenoxy) is 2. The van der Waals surface area contributed by atoms with Crippen LogP contribution in [0.5, 0.6) is 0 Å². The first-order valence-electron chi connectivity index (χ1n) is 9.38. The number of amides is 1. The minimum atomic E-state index is -0.561. The Hall–Kier alpha value is -2.15. The number of methoxy groups -OCH3 is 1. The number of hydrogen-bond donors (Lipinski definition) is 0. The maximum atomic E-state index is 12.6. The van der Waals surface area contributed by atoms with Gasteiger partial charge in [0.25, 0.3) is 0 Å². The molecule has 29 heavy (non-hydrogen) atoms. The van der Waals surface area contributed by atoms with Gasteiger partial charge < -0.3 is 9.47 Å². The molecule has 0 radical (unpaired) electrons. The molecule has 3 rings (SSSR count). The zero-order valence-electron chi connectivity index (χ0n) is 17.1. The quantitative estimate of drug-likeness (QED) is 0.479. The van der Waals surface area contributed by atoms with E-state index in [9.17, 15) is 4.79 Å². The van der Waals surface area contributed by atoms with Gasteiger partial charge >= 0.3 is 6.09 Å². The summed E-state index contributed by atoms with van der Waals surface area (Å²) < 4.78 is 11.7. The molecule has 5 nitrogen and oxygen atoms in total. The van der Waals surface area contributed by atoms with E-state index in [2.05, 4.69) is 6.07 Å². The van der Waals surface area contributed by atoms with Crippen molar-refractivity contribution < 1.29 is 14.3 Å². The van der Waals surface area contributed by atoms with Gasteiger partial charge in [0.15, 0.2) is 0 Å². The van der Waals surface area contributed by atoms with Crippen LogP contribution in [0.2, 0.25) is 5.02 Å². The molecule has 0 aliphatic carbocycles. The molecular weight excluding hydrogens is 408 g/mol. The summed E-state index contributed by atoms with van der Waals surface area (Å²) in [5.41, 5.74) is 1.08. The van der Waals surface area contributed by atoms with Crippen molar-refractivity contribution in [3.63, 3.8) is 0 Å². The van der Waals surface area contributed by atoms with Gasteiger partial charge in [0.1, 0.15) is 5.60 Å². The van der Waals surface area contributed by atoms with E-state index in [4.69, 9.17) is 26.1 Å². The number of aromatic nitrogens is 1. The third kappa shape index (κ3) is 5.69. The SMILES string of the molecule is COCCN(Cc1cccc(-c2cc3cccc(Cl)c3s2)n1)C(=O)OC(C)(C)C. The van der Waals surface area contributed by atoms with Crippen molar-refractivity contribution in [3.05, 3.63) is 53.2 Å². The fourth-order valence-corrected chi connectivity index (χ4v) is 4.15. The van der Waals surface area contributed by atoms with Crippen molar-refractivity contribution in [2.75, 3.05) is 20.3 Å². The number of benzene rings is 1. The highest BCUT2D eigenvalue weighted by Crippen LogP contribution is 2.36. The largest absolute Gasteiger partial charge is 0.444 e. The van der Waals surface area contributed by atoms with Gasteiger partial charge in [-0.1, -0.05) is 29.8 Å². The Morgan fingerprint density at radius 1 is 1.21 bits per heavy atom. The van der Waals surface area contributed by atoms with Gasteiger partial charge in [0, 0.05) is 13.7 Å². The summed E-state index contributed by atoms with van der Waals surface area (Å²) in [4.78, 5) is 20.0. The molecule has 1 aromatic carbocycles. The van der Waals surface area contributed by atoms with Crippen LogP contribution in [0.15, 0.2) is 42.5 Å². The number of nitrogens with zero attached hydrogens (tertiary/aromatic N) is 2. The molecule has 154 valence electrons. The van der Waals surface area contributed by atoms with Gasteiger partial charge in [-0.25, -0.2) is 4.79 Å². The Labute approximate surface area is 180 Å². The minimum absolute atomic E-state index is 0.345. The summed E-state index contributed by atoms with van der Waals surface area (Å²) in [5, 5.41) is 1.84. The maximum absolute atomic E-state index is 12.6. The lowest BCUT2D eigenvalue weighted by Gasteiger charge is -2.27. The first-order valence-corrected chi connectivity index (χ1v) is 10.6. The fourth-order valence-electron chi connectivity index (χ4n) is 2.82. The van der Waals surface area contributed by atoms with Gasteiger partial charge in [0.2, 0.25) is 0 Å². The Balaban J connectivity index is 1.84. The number of rotatable bonds is 6. The van der Waals surface area contributed by atoms with Crippen molar-refractivity contribution >= 4 is 39.1 Å². The molecule has 0 unspecified atom stereocenters. The molecule has 1 amide bonds. The average Bonchev–Trinajstić information content (AvgIpc) is 3.10. The van der Waals surface area contributed by atoms with E-state index in [0.717, 1.165) is 31.4 Å². The third-order valence-electron chi connectivity index (χ3n) is 4.13. The maximum Gasteiger partial charge on any atom is 0.410 e. The monoisotopic (exact) mass is 432 g/mol. The molecule has 0 aliphatic rings. The second kappa shape index (κ2) is 9.11. The van der Waals surface area contributed by atoms with E-state index in [0.29, 0.717) is 19.7 Å². The summed E-state index contributed by atoms with van der Waals surface area (Å²) in [6.45, 7) is 6.75. The highest BCUT2D eigenvalue weighted by atomic mass is 35.5. The van der Waals surface area contributed by atoms with Crippen LogP contribution in [0.4, 0.5) is 4.79 Å². The number of carbonyl (C=O) groups is 1. The van der Waals surface area contributed by atoms with Gasteiger partial charge in [-0.15, -0.1) is 11.3 Å². The van der Waals surface area contributed by atoms with Crippen molar-refractivity contribution in [1.82, 2.24) is 9.88 Å². The highest BCUT2D eigenvalue weighted by molar-refractivity contribution is 7.22. The molecule has 0 saturated carbocycles. The normalized spacial score (nSPS) is 11.6. The average molecular weight is 433 g/mol. The Kier molecular flexibility index (Phi) is 6.77. The number of hydrogen-bond acceptors (Lipinski definition) is 5. The van der Waals surface area contributed by atoms with Gasteiger partial charge in [-0.05, 0) is 50.4 Å². The van der Waals surface area contributed by atoms with Crippen LogP contribution in [0.25, 0.3) is 20.7 Å². The van der Waals surface area contributed by atoms with Crippen molar-refractivity contribution in [2.45, 2.75) is 32.9 Å². The van der Waals surface area contributed by atoms with Crippen LogP contribution in [0, 0.1) is 0 Å². The minimum Gasteiger partial charge on any atom is -0.444 e. The van der Waals surface area contributed by atoms with E-state index < -0.39 is 5.60 Å². The van der Waals surface area contributed by atoms with Gasteiger partial charge in [-0.2, -0.15) is 0 Å². The smallest absolute Gasteiger partial charge is 0.410 e. The number of thiophene rings is 1. The summed E-state index contributed by atoms with van der Waals surface area (Å²) in [6, 6.07) is 13.8. The predicted molar refractivity (Wildman–Crippen MR) is 119 cm³/mol. The number of fused-ring (bicyclic) bond motifs is 1. The molecule has 2 heterocycles. The Bertz CT molecular complexity index is 997. The van der Waals surface area contributed by atoms with E-state index >= 15 is 0 Å². The lowest BCUT2D eigenvalue weighted by Crippen LogP contribution is -2.38. The van der Waals surface area contributed by atoms with E-state index in [-0.39, 0.29) is 6.09 Å². The first-order chi connectivity index (χ1) is 13.8. The summed E-state index contributed by atoms with van der Waals surface area (Å²) in [5.74, 6) is 0. The Morgan fingerprint density at radius 2 is 1.97 bits per heavy atom. The van der Waals surface area contributed by atoms with Crippen molar-refractivity contribution in [2.24, 2.45) is 0 Å². The standard InChI is InChI=1S/C22H25ClN2O3S/c1-22(2,3)28-21(26)25(11-12-27-4)14-16-8-6-10-18(24-16)19-13-15-7-5-9-17(23)20(15)29-19/h5-10,13H,11-12,14H2,1-4H3. The summed E-state index contributed by atoms with van der Waals surface area (Å²) in [7, 11) is 1.61. The molecule has 0 aliphatic heterocycles. The van der Waals surface area contributed by atoms with E-state index in [1.807, 2.05) is 57.2 Å². The molecule has 7 heteroatoms. The zero-order chi connectivity index (χ0) is 21.0.